The van der Waals surface area contributed by atoms with Gasteiger partial charge in [0.2, 0.25) is 11.8 Å². The Balaban J connectivity index is 1.65. The van der Waals surface area contributed by atoms with Gasteiger partial charge in [0.05, 0.1) is 6.04 Å². The summed E-state index contributed by atoms with van der Waals surface area (Å²) in [5, 5.41) is 0. The Morgan fingerprint density at radius 3 is 2.38 bits per heavy atom. The number of carbonyl (C=O) groups is 2. The van der Waals surface area contributed by atoms with Crippen LogP contribution >= 0.6 is 0 Å². The number of methoxy groups -OCH3 is 1. The molecular weight excluding hydrogens is 364 g/mol. The van der Waals surface area contributed by atoms with E-state index < -0.39 is 0 Å². The van der Waals surface area contributed by atoms with E-state index in [-0.39, 0.29) is 29.9 Å². The molecule has 2 amide bonds. The van der Waals surface area contributed by atoms with Crippen LogP contribution < -0.4 is 0 Å². The smallest absolute Gasteiger partial charge is 0.248 e. The third-order valence-corrected chi connectivity index (χ3v) is 6.51. The van der Waals surface area contributed by atoms with E-state index >= 15 is 0 Å². The lowest BCUT2D eigenvalue weighted by Crippen LogP contribution is -2.46. The minimum atomic E-state index is -0.189. The highest BCUT2D eigenvalue weighted by Gasteiger charge is 2.52. The Labute approximate surface area is 172 Å². The number of likely N-dealkylation sites (tertiary alicyclic amines) is 2. The summed E-state index contributed by atoms with van der Waals surface area (Å²) < 4.78 is 5.11. The fourth-order valence-corrected chi connectivity index (χ4v) is 5.02. The van der Waals surface area contributed by atoms with Crippen LogP contribution in [0.2, 0.25) is 0 Å². The van der Waals surface area contributed by atoms with Crippen molar-refractivity contribution < 1.29 is 14.3 Å². The number of benzene rings is 2. The van der Waals surface area contributed by atoms with Crippen LogP contribution in [0, 0.1) is 0 Å². The van der Waals surface area contributed by atoms with E-state index in [1.165, 1.54) is 12.7 Å². The maximum atomic E-state index is 13.2. The molecule has 2 aliphatic rings. The molecule has 0 radical (unpaired) electrons. The predicted molar refractivity (Wildman–Crippen MR) is 111 cm³/mol. The van der Waals surface area contributed by atoms with Gasteiger partial charge in [-0.1, -0.05) is 60.7 Å². The van der Waals surface area contributed by atoms with Gasteiger partial charge >= 0.3 is 0 Å². The normalized spacial score (nSPS) is 24.3. The third-order valence-electron chi connectivity index (χ3n) is 6.51. The van der Waals surface area contributed by atoms with E-state index in [4.69, 9.17) is 4.74 Å². The maximum Gasteiger partial charge on any atom is 0.248 e. The minimum Gasteiger partial charge on any atom is -0.375 e. The summed E-state index contributed by atoms with van der Waals surface area (Å²) in [4.78, 5) is 29.8. The minimum absolute atomic E-state index is 0.0281. The van der Waals surface area contributed by atoms with Crippen LogP contribution in [0.4, 0.5) is 0 Å². The summed E-state index contributed by atoms with van der Waals surface area (Å²) in [6.07, 6.45) is 2.10. The molecule has 0 spiro atoms. The summed E-state index contributed by atoms with van der Waals surface area (Å²) in [5.41, 5.74) is 2.17. The van der Waals surface area contributed by atoms with Crippen molar-refractivity contribution >= 4 is 11.8 Å². The molecule has 0 aromatic heterocycles. The topological polar surface area (TPSA) is 49.9 Å². The molecule has 4 rings (SSSR count). The molecule has 152 valence electrons. The largest absolute Gasteiger partial charge is 0.375 e. The van der Waals surface area contributed by atoms with Crippen molar-refractivity contribution in [3.8, 4) is 0 Å². The third kappa shape index (κ3) is 3.79. The molecule has 0 N–H and O–H groups in total. The first-order valence-corrected chi connectivity index (χ1v) is 10.3. The first kappa shape index (κ1) is 19.6. The van der Waals surface area contributed by atoms with Gasteiger partial charge in [0.25, 0.3) is 0 Å². The van der Waals surface area contributed by atoms with Crippen LogP contribution in [0.5, 0.6) is 0 Å². The molecule has 2 fully saturated rings. The van der Waals surface area contributed by atoms with Gasteiger partial charge in [-0.15, -0.1) is 0 Å². The van der Waals surface area contributed by atoms with Gasteiger partial charge in [-0.2, -0.15) is 0 Å². The van der Waals surface area contributed by atoms with Gasteiger partial charge in [-0.05, 0) is 24.0 Å². The molecule has 2 aromatic carbocycles. The second kappa shape index (κ2) is 8.37. The van der Waals surface area contributed by atoms with Crippen LogP contribution in [0.3, 0.4) is 0 Å². The zero-order valence-electron chi connectivity index (χ0n) is 16.9. The van der Waals surface area contributed by atoms with E-state index in [9.17, 15) is 9.59 Å². The van der Waals surface area contributed by atoms with Gasteiger partial charge < -0.3 is 14.5 Å². The quantitative estimate of drug-likeness (QED) is 0.786. The van der Waals surface area contributed by atoms with E-state index in [0.717, 1.165) is 18.4 Å². The number of ether oxygens (including phenoxy) is 1. The lowest BCUT2D eigenvalue weighted by molar-refractivity contribution is -0.138. The van der Waals surface area contributed by atoms with Gasteiger partial charge in [0.1, 0.15) is 6.61 Å². The van der Waals surface area contributed by atoms with Gasteiger partial charge in [0, 0.05) is 38.6 Å². The van der Waals surface area contributed by atoms with E-state index in [0.29, 0.717) is 26.1 Å². The predicted octanol–water partition coefficient (Wildman–Crippen LogP) is 2.99. The standard InChI is InChI=1S/C24H28N2O3/c1-29-18-23(28)26-15-13-24(20-10-6-3-7-11-20)12-14-25(22(27)16-21(24)26)17-19-8-4-2-5-9-19/h2-11,21H,12-18H2,1H3/t21-,24+/m0/s1. The average molecular weight is 392 g/mol. The van der Waals surface area contributed by atoms with Crippen LogP contribution in [-0.2, 0) is 26.3 Å². The first-order valence-electron chi connectivity index (χ1n) is 10.3. The van der Waals surface area contributed by atoms with E-state index in [1.54, 1.807) is 0 Å². The number of fused-ring (bicyclic) bond motifs is 1. The van der Waals surface area contributed by atoms with Crippen molar-refractivity contribution in [2.24, 2.45) is 0 Å². The fraction of sp³-hybridized carbons (Fsp3) is 0.417. The Hall–Kier alpha value is -2.66. The average Bonchev–Trinajstić information content (AvgIpc) is 3.05. The van der Waals surface area contributed by atoms with Crippen molar-refractivity contribution in [2.75, 3.05) is 26.8 Å². The van der Waals surface area contributed by atoms with E-state index in [2.05, 4.69) is 36.4 Å². The number of hydrogen-bond acceptors (Lipinski definition) is 3. The number of hydrogen-bond donors (Lipinski definition) is 0. The zero-order chi connectivity index (χ0) is 20.3. The van der Waals surface area contributed by atoms with Gasteiger partial charge in [-0.3, -0.25) is 9.59 Å². The molecule has 5 heteroatoms. The molecule has 5 nitrogen and oxygen atoms in total. The van der Waals surface area contributed by atoms with Crippen molar-refractivity contribution in [2.45, 2.75) is 37.3 Å². The maximum absolute atomic E-state index is 13.2. The van der Waals surface area contributed by atoms with Crippen LogP contribution in [-0.4, -0.2) is 54.5 Å². The van der Waals surface area contributed by atoms with Gasteiger partial charge in [0.15, 0.2) is 0 Å². The van der Waals surface area contributed by atoms with Gasteiger partial charge in [-0.25, -0.2) is 0 Å². The number of amides is 2. The molecule has 2 heterocycles. The Kier molecular flexibility index (Phi) is 5.67. The molecule has 2 aromatic rings. The molecule has 0 unspecified atom stereocenters. The summed E-state index contributed by atoms with van der Waals surface area (Å²) >= 11 is 0. The van der Waals surface area contributed by atoms with Crippen molar-refractivity contribution in [3.05, 3.63) is 71.8 Å². The lowest BCUT2D eigenvalue weighted by atomic mass is 9.71. The second-order valence-electron chi connectivity index (χ2n) is 8.06. The van der Waals surface area contributed by atoms with Crippen molar-refractivity contribution in [1.29, 1.82) is 0 Å². The Bertz CT molecular complexity index is 855. The molecule has 0 bridgehead atoms. The summed E-state index contributed by atoms with van der Waals surface area (Å²) in [7, 11) is 1.54. The molecule has 29 heavy (non-hydrogen) atoms. The highest BCUT2D eigenvalue weighted by Crippen LogP contribution is 2.46. The molecule has 2 saturated heterocycles. The highest BCUT2D eigenvalue weighted by molar-refractivity contribution is 5.82. The SMILES string of the molecule is COCC(=O)N1CC[C@@]2(c3ccccc3)CCN(Cc3ccccc3)C(=O)C[C@H]12. The molecule has 2 atom stereocenters. The number of carbonyl (C=O) groups excluding carboxylic acids is 2. The highest BCUT2D eigenvalue weighted by atomic mass is 16.5. The molecular formula is C24H28N2O3. The van der Waals surface area contributed by atoms with Crippen LogP contribution in [0.1, 0.15) is 30.4 Å². The van der Waals surface area contributed by atoms with Crippen LogP contribution in [0.15, 0.2) is 60.7 Å². The van der Waals surface area contributed by atoms with Crippen molar-refractivity contribution in [1.82, 2.24) is 9.80 Å². The zero-order valence-corrected chi connectivity index (χ0v) is 16.9. The Morgan fingerprint density at radius 1 is 1.03 bits per heavy atom. The molecule has 0 saturated carbocycles. The monoisotopic (exact) mass is 392 g/mol. The van der Waals surface area contributed by atoms with Crippen LogP contribution in [0.25, 0.3) is 0 Å². The fourth-order valence-electron chi connectivity index (χ4n) is 5.02. The summed E-state index contributed by atoms with van der Waals surface area (Å²) in [6.45, 7) is 2.05. The lowest BCUT2D eigenvalue weighted by Gasteiger charge is -2.36. The second-order valence-corrected chi connectivity index (χ2v) is 8.06. The number of rotatable bonds is 5. The summed E-state index contributed by atoms with van der Waals surface area (Å²) in [5.74, 6) is 0.0911. The number of nitrogens with zero attached hydrogens (tertiary/aromatic N) is 2. The Morgan fingerprint density at radius 2 is 1.69 bits per heavy atom. The molecule has 2 aliphatic heterocycles. The summed E-state index contributed by atoms with van der Waals surface area (Å²) in [6, 6.07) is 20.4. The van der Waals surface area contributed by atoms with E-state index in [1.807, 2.05) is 34.1 Å². The first-order chi connectivity index (χ1) is 14.1. The molecule has 0 aliphatic carbocycles. The van der Waals surface area contributed by atoms with Crippen molar-refractivity contribution in [3.63, 3.8) is 0 Å².